The Kier molecular flexibility index (Phi) is 14.2. The first-order valence-electron chi connectivity index (χ1n) is 13.8. The Morgan fingerprint density at radius 2 is 1.80 bits per heavy atom. The maximum Gasteiger partial charge on any atom is 0.407 e. The van der Waals surface area contributed by atoms with Crippen molar-refractivity contribution in [2.24, 2.45) is 11.8 Å². The van der Waals surface area contributed by atoms with Gasteiger partial charge in [0, 0.05) is 43.4 Å². The van der Waals surface area contributed by atoms with Gasteiger partial charge in [-0.1, -0.05) is 40.5 Å². The van der Waals surface area contributed by atoms with Gasteiger partial charge in [0.2, 0.25) is 5.91 Å². The van der Waals surface area contributed by atoms with E-state index in [-0.39, 0.29) is 42.1 Å². The van der Waals surface area contributed by atoms with E-state index < -0.39 is 29.1 Å². The van der Waals surface area contributed by atoms with Gasteiger partial charge in [-0.2, -0.15) is 12.6 Å². The minimum atomic E-state index is -0.614. The topological polar surface area (TPSA) is 161 Å². The summed E-state index contributed by atoms with van der Waals surface area (Å²) < 4.78 is 10.2. The minimum Gasteiger partial charge on any atom is -0.464 e. The molecule has 4 N–H and O–H groups in total. The van der Waals surface area contributed by atoms with E-state index in [0.717, 1.165) is 12.8 Å². The molecule has 0 bridgehead atoms. The molecule has 6 atom stereocenters. The molecule has 0 radical (unpaired) electrons. The van der Waals surface area contributed by atoms with E-state index in [2.05, 4.69) is 47.7 Å². The van der Waals surface area contributed by atoms with Gasteiger partial charge in [0.1, 0.15) is 12.6 Å². The number of hydrogen-bond donors (Lipinski definition) is 5. The summed E-state index contributed by atoms with van der Waals surface area (Å²) in [6.07, 6.45) is 1.55. The van der Waals surface area contributed by atoms with Gasteiger partial charge < -0.3 is 30.7 Å². The maximum absolute atomic E-state index is 13.0. The highest BCUT2D eigenvalue weighted by molar-refractivity contribution is 7.80. The van der Waals surface area contributed by atoms with Crippen LogP contribution in [0.25, 0.3) is 0 Å². The molecule has 1 aliphatic heterocycles. The number of amides is 2. The average Bonchev–Trinajstić information content (AvgIpc) is 3.35. The van der Waals surface area contributed by atoms with Crippen molar-refractivity contribution in [1.29, 1.82) is 0 Å². The van der Waals surface area contributed by atoms with E-state index >= 15 is 0 Å². The predicted molar refractivity (Wildman–Crippen MR) is 154 cm³/mol. The molecule has 1 aliphatic rings. The third kappa shape index (κ3) is 10.6. The Hall–Kier alpha value is -2.90. The normalized spacial score (nSPS) is 18.6. The van der Waals surface area contributed by atoms with Crippen LogP contribution in [0.5, 0.6) is 0 Å². The van der Waals surface area contributed by atoms with Gasteiger partial charge in [-0.05, 0) is 29.5 Å². The van der Waals surface area contributed by atoms with Gasteiger partial charge >= 0.3 is 12.1 Å². The summed E-state index contributed by atoms with van der Waals surface area (Å²) in [6.45, 7) is 9.46. The number of nitrogens with one attached hydrogen (secondary N) is 4. The van der Waals surface area contributed by atoms with Crippen LogP contribution in [0.15, 0.2) is 24.3 Å². The van der Waals surface area contributed by atoms with Crippen molar-refractivity contribution in [2.75, 3.05) is 25.4 Å². The van der Waals surface area contributed by atoms with E-state index in [4.69, 9.17) is 9.47 Å². The van der Waals surface area contributed by atoms with Crippen LogP contribution >= 0.6 is 12.6 Å². The molecule has 0 aliphatic carbocycles. The van der Waals surface area contributed by atoms with Crippen molar-refractivity contribution in [3.05, 3.63) is 39.9 Å². The van der Waals surface area contributed by atoms with Crippen LogP contribution in [0.1, 0.15) is 52.5 Å². The number of nitro groups is 1. The van der Waals surface area contributed by atoms with Crippen LogP contribution in [-0.2, 0) is 25.7 Å². The number of thiol groups is 1. The number of hydrogen-bond acceptors (Lipinski definition) is 10. The van der Waals surface area contributed by atoms with Crippen LogP contribution in [0.2, 0.25) is 0 Å². The van der Waals surface area contributed by atoms with Crippen molar-refractivity contribution < 1.29 is 28.8 Å². The summed E-state index contributed by atoms with van der Waals surface area (Å²) >= 11 is 4.37. The van der Waals surface area contributed by atoms with E-state index in [9.17, 15) is 24.5 Å². The molecule has 0 unspecified atom stereocenters. The van der Waals surface area contributed by atoms with E-state index in [1.54, 1.807) is 12.1 Å². The maximum atomic E-state index is 13.0. The molecule has 224 valence electrons. The molecule has 1 fully saturated rings. The lowest BCUT2D eigenvalue weighted by Gasteiger charge is -2.31. The number of non-ortho nitro benzene ring substituents is 1. The third-order valence-electron chi connectivity index (χ3n) is 7.32. The summed E-state index contributed by atoms with van der Waals surface area (Å²) in [7, 11) is 0. The Labute approximate surface area is 241 Å². The molecule has 1 aromatic carbocycles. The number of carbonyl (C=O) groups is 3. The molecule has 1 aromatic rings. The highest BCUT2D eigenvalue weighted by Crippen LogP contribution is 2.14. The minimum absolute atomic E-state index is 0.00103. The van der Waals surface area contributed by atoms with Crippen molar-refractivity contribution in [3.63, 3.8) is 0 Å². The molecule has 40 heavy (non-hydrogen) atoms. The summed E-state index contributed by atoms with van der Waals surface area (Å²) in [5.41, 5.74) is 0.600. The Morgan fingerprint density at radius 1 is 1.12 bits per heavy atom. The number of nitro benzene ring substituents is 1. The molecular formula is C27H43N5O7S. The summed E-state index contributed by atoms with van der Waals surface area (Å²) in [5.74, 6) is 0.0779. The van der Waals surface area contributed by atoms with E-state index in [1.807, 2.05) is 13.8 Å². The zero-order valence-corrected chi connectivity index (χ0v) is 24.6. The van der Waals surface area contributed by atoms with Gasteiger partial charge in [-0.3, -0.25) is 14.9 Å². The lowest BCUT2D eigenvalue weighted by Crippen LogP contribution is -2.56. The number of carbonyl (C=O) groups excluding carboxylic acids is 3. The molecule has 2 amide bonds. The number of ether oxygens (including phenoxy) is 2. The summed E-state index contributed by atoms with van der Waals surface area (Å²) in [6, 6.07) is 4.41. The number of benzene rings is 1. The van der Waals surface area contributed by atoms with Crippen LogP contribution in [0.4, 0.5) is 10.5 Å². The average molecular weight is 582 g/mol. The molecule has 0 aromatic heterocycles. The standard InChI is InChI=1S/C27H43N5O7S/c1-5-17(3)23(14-29-24(18(4)6-2)25(33)31-22-11-12-38-26(22)34)28-13-20(16-40)30-27(35)39-15-19-7-9-21(10-8-19)32(36)37/h7-10,17-18,20,22-24,28-29,40H,5-6,11-16H2,1-4H3,(H,30,35)(H,31,33)/t17-,18-,20+,22-,23+,24-/m0/s1. The fraction of sp³-hybridized carbons (Fsp3) is 0.667. The lowest BCUT2D eigenvalue weighted by atomic mass is 9.95. The fourth-order valence-corrected chi connectivity index (χ4v) is 4.44. The molecule has 0 saturated carbocycles. The first kappa shape index (κ1) is 33.3. The van der Waals surface area contributed by atoms with Crippen molar-refractivity contribution in [3.8, 4) is 0 Å². The summed E-state index contributed by atoms with van der Waals surface area (Å²) in [5, 5.41) is 23.3. The van der Waals surface area contributed by atoms with Gasteiger partial charge in [0.15, 0.2) is 0 Å². The monoisotopic (exact) mass is 581 g/mol. The van der Waals surface area contributed by atoms with E-state index in [0.29, 0.717) is 37.4 Å². The van der Waals surface area contributed by atoms with Crippen LogP contribution in [-0.4, -0.2) is 72.5 Å². The second kappa shape index (κ2) is 17.0. The number of cyclic esters (lactones) is 1. The van der Waals surface area contributed by atoms with Crippen molar-refractivity contribution >= 4 is 36.3 Å². The Morgan fingerprint density at radius 3 is 2.35 bits per heavy atom. The Balaban J connectivity index is 1.90. The number of rotatable bonds is 17. The zero-order valence-electron chi connectivity index (χ0n) is 23.7. The third-order valence-corrected chi connectivity index (χ3v) is 7.76. The first-order valence-corrected chi connectivity index (χ1v) is 14.4. The van der Waals surface area contributed by atoms with Gasteiger partial charge in [-0.25, -0.2) is 9.59 Å². The molecule has 0 spiro atoms. The first-order chi connectivity index (χ1) is 19.1. The van der Waals surface area contributed by atoms with Crippen LogP contribution in [0, 0.1) is 22.0 Å². The lowest BCUT2D eigenvalue weighted by molar-refractivity contribution is -0.384. The number of esters is 1. The highest BCUT2D eigenvalue weighted by Gasteiger charge is 2.32. The fourth-order valence-electron chi connectivity index (χ4n) is 4.22. The molecule has 12 nitrogen and oxygen atoms in total. The SMILES string of the molecule is CC[C@H](C)[C@H](NC[C@@H](NC[C@H](CS)NC(=O)OCc1ccc([N+](=O)[O-])cc1)[C@@H](C)CC)C(=O)N[C@H]1CCOC1=O. The van der Waals surface area contributed by atoms with Crippen LogP contribution < -0.4 is 21.3 Å². The second-order valence-electron chi connectivity index (χ2n) is 10.2. The molecule has 1 heterocycles. The van der Waals surface area contributed by atoms with Gasteiger partial charge in [0.05, 0.1) is 23.6 Å². The molecule has 2 rings (SSSR count). The molecular weight excluding hydrogens is 538 g/mol. The Bertz CT molecular complexity index is 981. The van der Waals surface area contributed by atoms with Crippen molar-refractivity contribution in [1.82, 2.24) is 21.3 Å². The zero-order chi connectivity index (χ0) is 29.7. The van der Waals surface area contributed by atoms with Gasteiger partial charge in [-0.15, -0.1) is 0 Å². The second-order valence-corrected chi connectivity index (χ2v) is 10.6. The largest absolute Gasteiger partial charge is 0.464 e. The van der Waals surface area contributed by atoms with Crippen molar-refractivity contribution in [2.45, 2.75) is 77.7 Å². The highest BCUT2D eigenvalue weighted by atomic mass is 32.1. The smallest absolute Gasteiger partial charge is 0.407 e. The number of alkyl carbamates (subject to hydrolysis) is 1. The molecule has 1 saturated heterocycles. The predicted octanol–water partition coefficient (Wildman–Crippen LogP) is 2.56. The summed E-state index contributed by atoms with van der Waals surface area (Å²) in [4.78, 5) is 47.5. The molecule has 13 heteroatoms. The van der Waals surface area contributed by atoms with E-state index in [1.165, 1.54) is 12.1 Å². The van der Waals surface area contributed by atoms with Crippen LogP contribution in [0.3, 0.4) is 0 Å². The number of nitrogens with zero attached hydrogens (tertiary/aromatic N) is 1. The van der Waals surface area contributed by atoms with Gasteiger partial charge in [0.25, 0.3) is 5.69 Å². The quantitative estimate of drug-likeness (QED) is 0.0806.